The van der Waals surface area contributed by atoms with Gasteiger partial charge in [0.1, 0.15) is 0 Å². The predicted octanol–water partition coefficient (Wildman–Crippen LogP) is 2.75. The molecule has 1 aromatic carbocycles. The van der Waals surface area contributed by atoms with Gasteiger partial charge in [0.05, 0.1) is 34.5 Å². The van der Waals surface area contributed by atoms with Gasteiger partial charge in [-0.1, -0.05) is 6.07 Å². The van der Waals surface area contributed by atoms with Crippen LogP contribution in [-0.2, 0) is 9.84 Å². The van der Waals surface area contributed by atoms with E-state index in [1.807, 2.05) is 24.4 Å². The van der Waals surface area contributed by atoms with E-state index < -0.39 is 9.84 Å². The summed E-state index contributed by atoms with van der Waals surface area (Å²) in [5.74, 6) is 0.0691. The Balaban J connectivity index is 1.49. The van der Waals surface area contributed by atoms with Crippen molar-refractivity contribution in [3.8, 4) is 11.1 Å². The van der Waals surface area contributed by atoms with Crippen LogP contribution in [0, 0.1) is 5.92 Å². The third kappa shape index (κ3) is 4.14. The Kier molecular flexibility index (Phi) is 4.73. The number of sulfone groups is 1. The maximum absolute atomic E-state index is 13.1. The molecule has 9 heteroatoms. The summed E-state index contributed by atoms with van der Waals surface area (Å²) in [6, 6.07) is 5.97. The monoisotopic (exact) mass is 439 g/mol. The Morgan fingerprint density at radius 1 is 1.26 bits per heavy atom. The summed E-state index contributed by atoms with van der Waals surface area (Å²) in [6.45, 7) is 2.49. The highest BCUT2D eigenvalue weighted by atomic mass is 32.2. The van der Waals surface area contributed by atoms with Gasteiger partial charge in [-0.2, -0.15) is 5.10 Å². The zero-order valence-electron chi connectivity index (χ0n) is 17.3. The Morgan fingerprint density at radius 3 is 2.77 bits per heavy atom. The number of fused-ring (bicyclic) bond motifs is 1. The Hall–Kier alpha value is -2.94. The first-order chi connectivity index (χ1) is 14.8. The Bertz CT molecular complexity index is 1250. The molecule has 1 aliphatic heterocycles. The second kappa shape index (κ2) is 7.33. The molecular formula is C22H25N5O3S. The second-order valence-electron chi connectivity index (χ2n) is 8.93. The number of hydrogen-bond donors (Lipinski definition) is 3. The van der Waals surface area contributed by atoms with Crippen LogP contribution in [0.2, 0.25) is 0 Å². The summed E-state index contributed by atoms with van der Waals surface area (Å²) in [5, 5.41) is 14.2. The molecule has 3 N–H and O–H groups in total. The highest BCUT2D eigenvalue weighted by Gasteiger charge is 2.38. The number of hydrogen-bond acceptors (Lipinski definition) is 6. The second-order valence-corrected chi connectivity index (χ2v) is 11.2. The molecule has 5 rings (SSSR count). The normalized spacial score (nSPS) is 21.1. The first-order valence-corrected chi connectivity index (χ1v) is 12.3. The Labute approximate surface area is 180 Å². The van der Waals surface area contributed by atoms with Crippen LogP contribution in [0.1, 0.15) is 36.5 Å². The standard InChI is InChI=1S/C22H25N5O3S/c1-22(5-6-22)27-20-17-8-15(16-10-25-26-11-16)2-3-19(17)23-12-18(20)21(28)24-9-14-4-7-31(29,30)13-14/h2-3,8,10-12,14H,4-7,9,13H2,1H3,(H,23,27)(H,24,28)(H,25,26). The first-order valence-electron chi connectivity index (χ1n) is 10.5. The number of rotatable bonds is 6. The largest absolute Gasteiger partial charge is 0.379 e. The molecule has 1 saturated heterocycles. The minimum atomic E-state index is -2.97. The number of benzene rings is 1. The van der Waals surface area contributed by atoms with Crippen molar-refractivity contribution in [2.45, 2.75) is 31.7 Å². The number of aromatic amines is 1. The lowest BCUT2D eigenvalue weighted by Gasteiger charge is -2.20. The van der Waals surface area contributed by atoms with Crippen molar-refractivity contribution in [3.63, 3.8) is 0 Å². The maximum atomic E-state index is 13.1. The number of amides is 1. The SMILES string of the molecule is CC1(Nc2c(C(=O)NCC3CCS(=O)(=O)C3)cnc3ccc(-c4cn[nH]c4)cc23)CC1. The minimum Gasteiger partial charge on any atom is -0.379 e. The molecule has 1 aliphatic carbocycles. The number of carbonyl (C=O) groups is 1. The average molecular weight is 440 g/mol. The van der Waals surface area contributed by atoms with Gasteiger partial charge in [-0.25, -0.2) is 8.42 Å². The van der Waals surface area contributed by atoms with Crippen molar-refractivity contribution < 1.29 is 13.2 Å². The van der Waals surface area contributed by atoms with Crippen molar-refractivity contribution in [2.24, 2.45) is 5.92 Å². The van der Waals surface area contributed by atoms with E-state index in [1.54, 1.807) is 12.4 Å². The van der Waals surface area contributed by atoms with Crippen LogP contribution in [0.25, 0.3) is 22.0 Å². The van der Waals surface area contributed by atoms with E-state index in [4.69, 9.17) is 0 Å². The van der Waals surface area contributed by atoms with Crippen molar-refractivity contribution in [3.05, 3.63) is 42.4 Å². The van der Waals surface area contributed by atoms with Crippen LogP contribution in [0.15, 0.2) is 36.8 Å². The smallest absolute Gasteiger partial charge is 0.254 e. The summed E-state index contributed by atoms with van der Waals surface area (Å²) < 4.78 is 23.4. The fourth-order valence-electron chi connectivity index (χ4n) is 4.07. The van der Waals surface area contributed by atoms with Gasteiger partial charge in [0.2, 0.25) is 0 Å². The Morgan fingerprint density at radius 2 is 2.10 bits per heavy atom. The molecule has 1 unspecified atom stereocenters. The van der Waals surface area contributed by atoms with Gasteiger partial charge in [-0.3, -0.25) is 14.9 Å². The molecule has 162 valence electrons. The van der Waals surface area contributed by atoms with Gasteiger partial charge < -0.3 is 10.6 Å². The number of pyridine rings is 1. The first kappa shape index (κ1) is 20.0. The molecule has 2 aliphatic rings. The summed E-state index contributed by atoms with van der Waals surface area (Å²) in [6.07, 6.45) is 7.87. The van der Waals surface area contributed by atoms with E-state index in [2.05, 4.69) is 32.7 Å². The predicted molar refractivity (Wildman–Crippen MR) is 120 cm³/mol. The van der Waals surface area contributed by atoms with E-state index in [0.717, 1.165) is 40.6 Å². The van der Waals surface area contributed by atoms with E-state index in [1.165, 1.54) is 0 Å². The summed E-state index contributed by atoms with van der Waals surface area (Å²) in [4.78, 5) is 17.6. The number of nitrogens with one attached hydrogen (secondary N) is 3. The zero-order valence-corrected chi connectivity index (χ0v) is 18.1. The van der Waals surface area contributed by atoms with Crippen molar-refractivity contribution >= 4 is 32.3 Å². The average Bonchev–Trinajstić information content (AvgIpc) is 3.13. The molecular weight excluding hydrogens is 414 g/mol. The van der Waals surface area contributed by atoms with Gasteiger partial charge in [0, 0.05) is 35.4 Å². The molecule has 0 radical (unpaired) electrons. The van der Waals surface area contributed by atoms with E-state index in [0.29, 0.717) is 18.5 Å². The van der Waals surface area contributed by atoms with Crippen LogP contribution in [-0.4, -0.2) is 53.1 Å². The van der Waals surface area contributed by atoms with Crippen molar-refractivity contribution in [1.29, 1.82) is 0 Å². The molecule has 2 fully saturated rings. The molecule has 1 atom stereocenters. The molecule has 3 heterocycles. The van der Waals surface area contributed by atoms with Crippen LogP contribution in [0.5, 0.6) is 0 Å². The van der Waals surface area contributed by atoms with Crippen molar-refractivity contribution in [2.75, 3.05) is 23.4 Å². The molecule has 31 heavy (non-hydrogen) atoms. The summed E-state index contributed by atoms with van der Waals surface area (Å²) in [7, 11) is -2.97. The van der Waals surface area contributed by atoms with Gasteiger partial charge >= 0.3 is 0 Å². The number of aromatic nitrogens is 3. The number of anilines is 1. The topological polar surface area (TPSA) is 117 Å². The summed E-state index contributed by atoms with van der Waals surface area (Å²) >= 11 is 0. The molecule has 8 nitrogen and oxygen atoms in total. The van der Waals surface area contributed by atoms with Crippen LogP contribution in [0.3, 0.4) is 0 Å². The van der Waals surface area contributed by atoms with Crippen LogP contribution in [0.4, 0.5) is 5.69 Å². The third-order valence-electron chi connectivity index (χ3n) is 6.25. The number of carbonyl (C=O) groups excluding carboxylic acids is 1. The van der Waals surface area contributed by atoms with Crippen molar-refractivity contribution in [1.82, 2.24) is 20.5 Å². The molecule has 2 aromatic heterocycles. The lowest BCUT2D eigenvalue weighted by Crippen LogP contribution is -2.31. The molecule has 0 bridgehead atoms. The highest BCUT2D eigenvalue weighted by Crippen LogP contribution is 2.41. The molecule has 1 saturated carbocycles. The maximum Gasteiger partial charge on any atom is 0.254 e. The van der Waals surface area contributed by atoms with Crippen LogP contribution >= 0.6 is 0 Å². The van der Waals surface area contributed by atoms with Crippen LogP contribution < -0.4 is 10.6 Å². The van der Waals surface area contributed by atoms with E-state index in [9.17, 15) is 13.2 Å². The molecule has 1 amide bonds. The number of nitrogens with zero attached hydrogens (tertiary/aromatic N) is 2. The highest BCUT2D eigenvalue weighted by molar-refractivity contribution is 7.91. The quantitative estimate of drug-likeness (QED) is 0.544. The zero-order chi connectivity index (χ0) is 21.6. The van der Waals surface area contributed by atoms with Gasteiger partial charge in [-0.05, 0) is 49.8 Å². The fourth-order valence-corrected chi connectivity index (χ4v) is 5.93. The van der Waals surface area contributed by atoms with Gasteiger partial charge in [0.25, 0.3) is 5.91 Å². The van der Waals surface area contributed by atoms with E-state index >= 15 is 0 Å². The van der Waals surface area contributed by atoms with Gasteiger partial charge in [0.15, 0.2) is 9.84 Å². The molecule has 0 spiro atoms. The van der Waals surface area contributed by atoms with E-state index in [-0.39, 0.29) is 28.9 Å². The summed E-state index contributed by atoms with van der Waals surface area (Å²) in [5.41, 5.74) is 3.97. The fraction of sp³-hybridized carbons (Fsp3) is 0.409. The number of H-pyrrole nitrogens is 1. The minimum absolute atomic E-state index is 0.0332. The molecule has 3 aromatic rings. The van der Waals surface area contributed by atoms with Gasteiger partial charge in [-0.15, -0.1) is 0 Å². The lowest BCUT2D eigenvalue weighted by atomic mass is 10.0. The lowest BCUT2D eigenvalue weighted by molar-refractivity contribution is 0.0949. The third-order valence-corrected chi connectivity index (χ3v) is 8.09.